The number of carbonyl (C=O) groups is 1. The molecule has 2 aliphatic heterocycles. The SMILES string of the molecule is CC1NNC(C)C1NC(=O)CN1CCN(S(=O)(=O)c2cccc(Cl)c2Cl)CC1. The molecule has 0 bridgehead atoms. The molecule has 2 fully saturated rings. The molecule has 2 unspecified atom stereocenters. The smallest absolute Gasteiger partial charge is 0.244 e. The van der Waals surface area contributed by atoms with E-state index in [9.17, 15) is 13.2 Å². The van der Waals surface area contributed by atoms with Crippen molar-refractivity contribution in [1.29, 1.82) is 0 Å². The molecule has 0 radical (unpaired) electrons. The number of carbonyl (C=O) groups excluding carboxylic acids is 1. The Morgan fingerprint density at radius 3 is 2.36 bits per heavy atom. The van der Waals surface area contributed by atoms with Gasteiger partial charge in [0.25, 0.3) is 0 Å². The Morgan fingerprint density at radius 1 is 1.14 bits per heavy atom. The summed E-state index contributed by atoms with van der Waals surface area (Å²) < 4.78 is 27.1. The zero-order valence-corrected chi connectivity index (χ0v) is 18.1. The summed E-state index contributed by atoms with van der Waals surface area (Å²) in [7, 11) is -3.73. The molecule has 1 aromatic rings. The lowest BCUT2D eigenvalue weighted by Gasteiger charge is -2.34. The first-order chi connectivity index (χ1) is 13.2. The number of hydrogen-bond acceptors (Lipinski definition) is 6. The third-order valence-corrected chi connectivity index (χ3v) is 8.05. The highest BCUT2D eigenvalue weighted by atomic mass is 35.5. The number of amides is 1. The van der Waals surface area contributed by atoms with E-state index in [0.717, 1.165) is 0 Å². The highest BCUT2D eigenvalue weighted by Gasteiger charge is 2.33. The number of halogens is 2. The molecule has 2 atom stereocenters. The molecule has 0 aromatic heterocycles. The van der Waals surface area contributed by atoms with Crippen molar-refractivity contribution < 1.29 is 13.2 Å². The van der Waals surface area contributed by atoms with Crippen LogP contribution in [0.3, 0.4) is 0 Å². The Kier molecular flexibility index (Phi) is 6.86. The minimum atomic E-state index is -3.73. The van der Waals surface area contributed by atoms with Gasteiger partial charge in [0.1, 0.15) is 4.90 Å². The summed E-state index contributed by atoms with van der Waals surface area (Å²) in [6.45, 7) is 5.77. The van der Waals surface area contributed by atoms with E-state index in [0.29, 0.717) is 13.1 Å². The number of hydrazine groups is 1. The second-order valence-corrected chi connectivity index (χ2v) is 9.88. The number of rotatable bonds is 5. The minimum Gasteiger partial charge on any atom is -0.349 e. The monoisotopic (exact) mass is 449 g/mol. The van der Waals surface area contributed by atoms with Crippen molar-refractivity contribution in [2.24, 2.45) is 0 Å². The van der Waals surface area contributed by atoms with Gasteiger partial charge in [0, 0.05) is 38.3 Å². The first-order valence-electron chi connectivity index (χ1n) is 9.17. The lowest BCUT2D eigenvalue weighted by molar-refractivity contribution is -0.123. The van der Waals surface area contributed by atoms with Gasteiger partial charge in [-0.1, -0.05) is 29.3 Å². The molecular formula is C17H25Cl2N5O3S. The number of piperazine rings is 1. The van der Waals surface area contributed by atoms with E-state index in [1.807, 2.05) is 18.7 Å². The van der Waals surface area contributed by atoms with Crippen molar-refractivity contribution in [1.82, 2.24) is 25.4 Å². The Balaban J connectivity index is 1.55. The van der Waals surface area contributed by atoms with E-state index in [2.05, 4.69) is 16.2 Å². The van der Waals surface area contributed by atoms with Crippen molar-refractivity contribution >= 4 is 39.1 Å². The molecule has 8 nitrogen and oxygen atoms in total. The van der Waals surface area contributed by atoms with Crippen molar-refractivity contribution in [3.05, 3.63) is 28.2 Å². The Hall–Kier alpha value is -0.940. The molecule has 3 rings (SSSR count). The van der Waals surface area contributed by atoms with Gasteiger partial charge in [-0.25, -0.2) is 8.42 Å². The Bertz CT molecular complexity index is 820. The van der Waals surface area contributed by atoms with Gasteiger partial charge >= 0.3 is 0 Å². The van der Waals surface area contributed by atoms with Crippen molar-refractivity contribution in [3.8, 4) is 0 Å². The fraction of sp³-hybridized carbons (Fsp3) is 0.588. The van der Waals surface area contributed by atoms with E-state index in [4.69, 9.17) is 23.2 Å². The molecule has 1 aromatic carbocycles. The molecule has 28 heavy (non-hydrogen) atoms. The average molecular weight is 450 g/mol. The summed E-state index contributed by atoms with van der Waals surface area (Å²) in [6.07, 6.45) is 0. The van der Waals surface area contributed by atoms with Gasteiger partial charge in [-0.3, -0.25) is 20.5 Å². The van der Waals surface area contributed by atoms with Gasteiger partial charge in [0.2, 0.25) is 15.9 Å². The second kappa shape index (κ2) is 8.83. The summed E-state index contributed by atoms with van der Waals surface area (Å²) >= 11 is 12.0. The second-order valence-electron chi connectivity index (χ2n) is 7.19. The number of nitrogens with zero attached hydrogens (tertiary/aromatic N) is 2. The van der Waals surface area contributed by atoms with E-state index < -0.39 is 10.0 Å². The highest BCUT2D eigenvalue weighted by molar-refractivity contribution is 7.89. The maximum absolute atomic E-state index is 12.9. The first kappa shape index (κ1) is 21.8. The number of benzene rings is 1. The Labute approximate surface area is 175 Å². The zero-order valence-electron chi connectivity index (χ0n) is 15.8. The van der Waals surface area contributed by atoms with Crippen LogP contribution in [0.5, 0.6) is 0 Å². The summed E-state index contributed by atoms with van der Waals surface area (Å²) in [4.78, 5) is 14.3. The third-order valence-electron chi connectivity index (χ3n) is 5.18. The van der Waals surface area contributed by atoms with Crippen LogP contribution in [0.15, 0.2) is 23.1 Å². The third kappa shape index (κ3) is 4.62. The molecule has 3 N–H and O–H groups in total. The van der Waals surface area contributed by atoms with E-state index in [1.54, 1.807) is 12.1 Å². The molecule has 0 spiro atoms. The molecule has 156 valence electrons. The van der Waals surface area contributed by atoms with Crippen LogP contribution in [0.2, 0.25) is 10.0 Å². The van der Waals surface area contributed by atoms with E-state index >= 15 is 0 Å². The fourth-order valence-electron chi connectivity index (χ4n) is 3.51. The molecule has 1 amide bonds. The van der Waals surface area contributed by atoms with Crippen LogP contribution in [0.25, 0.3) is 0 Å². The van der Waals surface area contributed by atoms with Crippen LogP contribution >= 0.6 is 23.2 Å². The maximum atomic E-state index is 12.9. The molecule has 2 heterocycles. The minimum absolute atomic E-state index is 0.0112. The first-order valence-corrected chi connectivity index (χ1v) is 11.4. The normalized spacial score (nSPS) is 27.1. The summed E-state index contributed by atoms with van der Waals surface area (Å²) in [5.74, 6) is -0.0663. The average Bonchev–Trinajstić information content (AvgIpc) is 2.96. The quantitative estimate of drug-likeness (QED) is 0.611. The summed E-state index contributed by atoms with van der Waals surface area (Å²) in [6, 6.07) is 4.87. The van der Waals surface area contributed by atoms with Gasteiger partial charge < -0.3 is 5.32 Å². The summed E-state index contributed by atoms with van der Waals surface area (Å²) in [5.41, 5.74) is 6.21. The standard InChI is InChI=1S/C17H25Cl2N5O3S/c1-11-17(12(2)22-21-11)20-15(25)10-23-6-8-24(9-7-23)28(26,27)14-5-3-4-13(18)16(14)19/h3-5,11-12,17,21-22H,6-10H2,1-2H3,(H,20,25). The van der Waals surface area contributed by atoms with Gasteiger partial charge in [0.15, 0.2) is 0 Å². The van der Waals surface area contributed by atoms with Gasteiger partial charge in [-0.2, -0.15) is 4.31 Å². The molecule has 2 aliphatic rings. The largest absolute Gasteiger partial charge is 0.349 e. The molecular weight excluding hydrogens is 425 g/mol. The number of sulfonamides is 1. The predicted molar refractivity (Wildman–Crippen MR) is 109 cm³/mol. The van der Waals surface area contributed by atoms with Crippen molar-refractivity contribution in [2.75, 3.05) is 32.7 Å². The molecule has 2 saturated heterocycles. The van der Waals surface area contributed by atoms with Crippen LogP contribution in [0, 0.1) is 0 Å². The van der Waals surface area contributed by atoms with Gasteiger partial charge in [0.05, 0.1) is 22.6 Å². The van der Waals surface area contributed by atoms with Crippen LogP contribution in [-0.2, 0) is 14.8 Å². The molecule has 0 aliphatic carbocycles. The van der Waals surface area contributed by atoms with E-state index in [1.165, 1.54) is 10.4 Å². The fourth-order valence-corrected chi connectivity index (χ4v) is 5.67. The number of hydrogen-bond donors (Lipinski definition) is 3. The zero-order chi connectivity index (χ0) is 20.5. The molecule has 11 heteroatoms. The topological polar surface area (TPSA) is 93.8 Å². The lowest BCUT2D eigenvalue weighted by atomic mass is 10.1. The van der Waals surface area contributed by atoms with Crippen LogP contribution in [0.1, 0.15) is 13.8 Å². The predicted octanol–water partition coefficient (Wildman–Crippen LogP) is 0.669. The lowest BCUT2D eigenvalue weighted by Crippen LogP contribution is -2.53. The van der Waals surface area contributed by atoms with Crippen LogP contribution < -0.4 is 16.2 Å². The van der Waals surface area contributed by atoms with Gasteiger partial charge in [-0.15, -0.1) is 0 Å². The molecule has 0 saturated carbocycles. The van der Waals surface area contributed by atoms with Crippen LogP contribution in [-0.4, -0.2) is 74.4 Å². The summed E-state index contributed by atoms with van der Waals surface area (Å²) in [5, 5.41) is 3.28. The highest BCUT2D eigenvalue weighted by Crippen LogP contribution is 2.31. The van der Waals surface area contributed by atoms with E-state index in [-0.39, 0.29) is 58.6 Å². The van der Waals surface area contributed by atoms with Crippen molar-refractivity contribution in [3.63, 3.8) is 0 Å². The maximum Gasteiger partial charge on any atom is 0.244 e. The Morgan fingerprint density at radius 2 is 1.75 bits per heavy atom. The van der Waals surface area contributed by atoms with Gasteiger partial charge in [-0.05, 0) is 26.0 Å². The van der Waals surface area contributed by atoms with Crippen LogP contribution in [0.4, 0.5) is 0 Å². The number of nitrogens with one attached hydrogen (secondary N) is 3. The van der Waals surface area contributed by atoms with Crippen molar-refractivity contribution in [2.45, 2.75) is 36.9 Å².